The molecule has 1 saturated heterocycles. The molecule has 1 saturated carbocycles. The SMILES string of the molecule is Cc1ccc(C2CCC3(CC2)NC(=O)[C@@H](C)CCC(=O)NCCCC[C@@H](C(N)=O)NC(=O)[C@H](Cc2c[nH]c4ccccc24)NC(=O)[C@H](CCCNC(=N)N)NC(=O)[C@@H](Cc2ccccc2)NC3=O)cc1. The Balaban J connectivity index is 1.34. The molecule has 0 bridgehead atoms. The lowest BCUT2D eigenvalue weighted by Gasteiger charge is -2.41. The van der Waals surface area contributed by atoms with Crippen molar-refractivity contribution in [2.75, 3.05) is 13.1 Å². The maximum Gasteiger partial charge on any atom is 0.246 e. The molecule has 2 heterocycles. The summed E-state index contributed by atoms with van der Waals surface area (Å²) in [5.74, 6) is -4.86. The molecule has 18 heteroatoms. The summed E-state index contributed by atoms with van der Waals surface area (Å²) in [6, 6.07) is 20.0. The molecule has 70 heavy (non-hydrogen) atoms. The molecular weight excluding hydrogens is 891 g/mol. The van der Waals surface area contributed by atoms with Crippen molar-refractivity contribution in [3.63, 3.8) is 0 Å². The molecule has 1 aromatic heterocycles. The van der Waals surface area contributed by atoms with Crippen molar-refractivity contribution in [1.82, 2.24) is 42.2 Å². The average Bonchev–Trinajstić information content (AvgIpc) is 3.75. The van der Waals surface area contributed by atoms with Gasteiger partial charge in [0, 0.05) is 55.4 Å². The number of para-hydroxylation sites is 1. The molecule has 1 aliphatic heterocycles. The third-order valence-electron chi connectivity index (χ3n) is 13.6. The molecule has 2 fully saturated rings. The lowest BCUT2D eigenvalue weighted by Crippen LogP contribution is -2.64. The second-order valence-electron chi connectivity index (χ2n) is 18.9. The summed E-state index contributed by atoms with van der Waals surface area (Å²) in [5.41, 5.74) is 14.4. The van der Waals surface area contributed by atoms with Crippen LogP contribution in [-0.4, -0.2) is 95.1 Å². The molecule has 7 amide bonds. The second kappa shape index (κ2) is 24.9. The fourth-order valence-electron chi connectivity index (χ4n) is 9.30. The van der Waals surface area contributed by atoms with Crippen molar-refractivity contribution < 1.29 is 33.6 Å². The zero-order chi connectivity index (χ0) is 50.2. The summed E-state index contributed by atoms with van der Waals surface area (Å²) in [6.07, 6.45) is 5.06. The molecule has 374 valence electrons. The first-order valence-corrected chi connectivity index (χ1v) is 24.4. The van der Waals surface area contributed by atoms with Gasteiger partial charge in [-0.2, -0.15) is 0 Å². The van der Waals surface area contributed by atoms with Gasteiger partial charge in [0.2, 0.25) is 41.4 Å². The zero-order valence-electron chi connectivity index (χ0n) is 40.2. The standard InChI is InChI=1S/C52H69N11O7/c1-32-17-20-35(21-18-32)36-23-25-52(26-24-36)50(70)62-42(29-34-11-4-3-5-12-34)48(68)60-41(16-10-28-57-51(54)55)47(67)61-43(30-37-31-58-39-14-7-6-13-38(37)39)49(69)59-40(45(53)65)15-8-9-27-56-44(64)22-19-33(2)46(66)63-52/h3-7,11-14,17-18,20-21,31,33,36,40-43,58H,8-10,15-16,19,22-30H2,1-2H3,(H2,53,65)(H,56,64)(H,59,69)(H,60,68)(H,61,67)(H,62,70)(H,63,66)(H4,54,55,57)/t33-,36?,40-,41-,42+,43-,52?/m0/s1. The van der Waals surface area contributed by atoms with Crippen molar-refractivity contribution >= 4 is 58.2 Å². The van der Waals surface area contributed by atoms with Crippen LogP contribution in [0.15, 0.2) is 85.1 Å². The maximum absolute atomic E-state index is 15.0. The average molecular weight is 960 g/mol. The van der Waals surface area contributed by atoms with Crippen molar-refractivity contribution in [3.05, 3.63) is 107 Å². The minimum atomic E-state index is -1.40. The number of amides is 7. The third-order valence-corrected chi connectivity index (χ3v) is 13.6. The molecular formula is C52H69N11O7. The van der Waals surface area contributed by atoms with E-state index in [9.17, 15) is 33.6 Å². The van der Waals surface area contributed by atoms with E-state index in [0.717, 1.165) is 27.6 Å². The van der Waals surface area contributed by atoms with Gasteiger partial charge in [-0.15, -0.1) is 0 Å². The van der Waals surface area contributed by atoms with Crippen LogP contribution in [0.5, 0.6) is 0 Å². The van der Waals surface area contributed by atoms with Crippen LogP contribution in [0.1, 0.15) is 106 Å². The summed E-state index contributed by atoms with van der Waals surface area (Å²) in [4.78, 5) is 102. The number of hydrogen-bond acceptors (Lipinski definition) is 8. The van der Waals surface area contributed by atoms with E-state index in [1.165, 1.54) is 0 Å². The number of nitrogens with two attached hydrogens (primary N) is 2. The van der Waals surface area contributed by atoms with E-state index in [1.807, 2.05) is 61.5 Å². The molecule has 5 atom stereocenters. The first kappa shape index (κ1) is 52.1. The van der Waals surface area contributed by atoms with Crippen LogP contribution >= 0.6 is 0 Å². The molecule has 0 radical (unpaired) electrons. The third kappa shape index (κ3) is 14.6. The Morgan fingerprint density at radius 3 is 2.11 bits per heavy atom. The van der Waals surface area contributed by atoms with Crippen LogP contribution in [0.2, 0.25) is 0 Å². The van der Waals surface area contributed by atoms with Gasteiger partial charge in [-0.1, -0.05) is 85.3 Å². The first-order chi connectivity index (χ1) is 33.6. The predicted molar refractivity (Wildman–Crippen MR) is 267 cm³/mol. The number of carbonyl (C=O) groups excluding carboxylic acids is 7. The van der Waals surface area contributed by atoms with E-state index in [4.69, 9.17) is 16.9 Å². The Morgan fingerprint density at radius 1 is 0.743 bits per heavy atom. The van der Waals surface area contributed by atoms with Crippen LogP contribution in [0.3, 0.4) is 0 Å². The molecule has 13 N–H and O–H groups in total. The number of H-pyrrole nitrogens is 1. The highest BCUT2D eigenvalue weighted by atomic mass is 16.2. The van der Waals surface area contributed by atoms with E-state index in [-0.39, 0.29) is 88.7 Å². The van der Waals surface area contributed by atoms with Gasteiger partial charge in [0.25, 0.3) is 0 Å². The summed E-state index contributed by atoms with van der Waals surface area (Å²) in [5, 5.41) is 28.6. The van der Waals surface area contributed by atoms with E-state index in [2.05, 4.69) is 66.5 Å². The quantitative estimate of drug-likeness (QED) is 0.0632. The minimum absolute atomic E-state index is 0.00443. The number of primary amides is 1. The predicted octanol–water partition coefficient (Wildman–Crippen LogP) is 2.88. The van der Waals surface area contributed by atoms with Crippen LogP contribution in [0.4, 0.5) is 0 Å². The maximum atomic E-state index is 15.0. The Morgan fingerprint density at radius 2 is 1.40 bits per heavy atom. The van der Waals surface area contributed by atoms with Gasteiger partial charge < -0.3 is 53.7 Å². The number of nitrogens with one attached hydrogen (secondary N) is 9. The van der Waals surface area contributed by atoms with Gasteiger partial charge in [0.1, 0.15) is 29.7 Å². The van der Waals surface area contributed by atoms with E-state index < -0.39 is 71.1 Å². The zero-order valence-corrected chi connectivity index (χ0v) is 40.2. The smallest absolute Gasteiger partial charge is 0.246 e. The molecule has 4 aromatic rings. The largest absolute Gasteiger partial charge is 0.370 e. The molecule has 1 aliphatic carbocycles. The Kier molecular flexibility index (Phi) is 18.5. The Hall–Kier alpha value is -7.24. The highest BCUT2D eigenvalue weighted by Gasteiger charge is 2.45. The molecule has 1 spiro atoms. The summed E-state index contributed by atoms with van der Waals surface area (Å²) < 4.78 is 0. The summed E-state index contributed by atoms with van der Waals surface area (Å²) >= 11 is 0. The van der Waals surface area contributed by atoms with E-state index in [0.29, 0.717) is 31.2 Å². The van der Waals surface area contributed by atoms with Crippen LogP contribution in [-0.2, 0) is 46.4 Å². The van der Waals surface area contributed by atoms with Gasteiger partial charge in [0.05, 0.1) is 0 Å². The van der Waals surface area contributed by atoms with Gasteiger partial charge >= 0.3 is 0 Å². The van der Waals surface area contributed by atoms with Crippen LogP contribution in [0, 0.1) is 18.3 Å². The van der Waals surface area contributed by atoms with Gasteiger partial charge in [-0.25, -0.2) is 0 Å². The fraction of sp³-hybridized carbons (Fsp3) is 0.462. The van der Waals surface area contributed by atoms with Gasteiger partial charge in [0.15, 0.2) is 5.96 Å². The number of fused-ring (bicyclic) bond motifs is 1. The van der Waals surface area contributed by atoms with Crippen LogP contribution in [0.25, 0.3) is 10.9 Å². The monoisotopic (exact) mass is 960 g/mol. The minimum Gasteiger partial charge on any atom is -0.370 e. The normalized spacial score (nSPS) is 25.0. The van der Waals surface area contributed by atoms with Gasteiger partial charge in [-0.3, -0.25) is 39.0 Å². The Labute approximate surface area is 408 Å². The number of aromatic nitrogens is 1. The lowest BCUT2D eigenvalue weighted by atomic mass is 9.73. The summed E-state index contributed by atoms with van der Waals surface area (Å²) in [6.45, 7) is 4.20. The highest BCUT2D eigenvalue weighted by molar-refractivity contribution is 5.98. The number of guanidine groups is 1. The van der Waals surface area contributed by atoms with Crippen LogP contribution < -0.4 is 48.7 Å². The first-order valence-electron chi connectivity index (χ1n) is 24.4. The molecule has 6 rings (SSSR count). The lowest BCUT2D eigenvalue weighted by molar-refractivity contribution is -0.139. The molecule has 0 unspecified atom stereocenters. The van der Waals surface area contributed by atoms with E-state index >= 15 is 0 Å². The van der Waals surface area contributed by atoms with Crippen molar-refractivity contribution in [1.29, 1.82) is 5.41 Å². The topological polar surface area (TPSA) is 295 Å². The highest BCUT2D eigenvalue weighted by Crippen LogP contribution is 2.39. The number of aromatic amines is 1. The van der Waals surface area contributed by atoms with Crippen molar-refractivity contribution in [2.24, 2.45) is 17.4 Å². The summed E-state index contributed by atoms with van der Waals surface area (Å²) in [7, 11) is 0. The Bertz CT molecular complexity index is 2470. The second-order valence-corrected chi connectivity index (χ2v) is 18.9. The van der Waals surface area contributed by atoms with Gasteiger partial charge in [-0.05, 0) is 99.8 Å². The molecule has 18 nitrogen and oxygen atoms in total. The number of carbonyl (C=O) groups is 7. The van der Waals surface area contributed by atoms with Crippen molar-refractivity contribution in [3.8, 4) is 0 Å². The van der Waals surface area contributed by atoms with Crippen molar-refractivity contribution in [2.45, 2.75) is 133 Å². The number of rotatable bonds is 10. The molecule has 2 aliphatic rings. The number of benzene rings is 3. The number of aryl methyl sites for hydroxylation is 1. The van der Waals surface area contributed by atoms with E-state index in [1.54, 1.807) is 13.1 Å². The number of hydrogen-bond donors (Lipinski definition) is 11. The fourth-order valence-corrected chi connectivity index (χ4v) is 9.30. The molecule has 3 aromatic carbocycles.